The Labute approximate surface area is 120 Å². The topological polar surface area (TPSA) is 12.0 Å². The van der Waals surface area contributed by atoms with Crippen LogP contribution < -0.4 is 5.32 Å². The first-order chi connectivity index (χ1) is 9.70. The summed E-state index contributed by atoms with van der Waals surface area (Å²) in [6.45, 7) is 4.98. The predicted octanol–water partition coefficient (Wildman–Crippen LogP) is 4.42. The molecule has 2 rings (SSSR count). The third kappa shape index (κ3) is 3.91. The number of hydrogen-bond donors (Lipinski definition) is 1. The molecule has 0 aliphatic rings. The molecule has 0 saturated carbocycles. The average molecular weight is 271 g/mol. The van der Waals surface area contributed by atoms with Crippen LogP contribution in [0.3, 0.4) is 0 Å². The summed E-state index contributed by atoms with van der Waals surface area (Å²) < 4.78 is 13.9. The van der Waals surface area contributed by atoms with Crippen LogP contribution in [0.2, 0.25) is 0 Å². The van der Waals surface area contributed by atoms with Gasteiger partial charge in [-0.3, -0.25) is 0 Å². The molecule has 106 valence electrons. The molecule has 20 heavy (non-hydrogen) atoms. The van der Waals surface area contributed by atoms with Gasteiger partial charge in [0, 0.05) is 11.6 Å². The van der Waals surface area contributed by atoms with Gasteiger partial charge in [0.1, 0.15) is 5.82 Å². The first-order valence-electron chi connectivity index (χ1n) is 7.24. The van der Waals surface area contributed by atoms with Gasteiger partial charge in [0.05, 0.1) is 0 Å². The fourth-order valence-electron chi connectivity index (χ4n) is 2.44. The molecule has 2 aromatic rings. The molecule has 0 aromatic heterocycles. The molecule has 0 fully saturated rings. The van der Waals surface area contributed by atoms with Gasteiger partial charge < -0.3 is 5.32 Å². The molecule has 0 amide bonds. The van der Waals surface area contributed by atoms with Crippen LogP contribution in [-0.4, -0.2) is 6.54 Å². The molecular weight excluding hydrogens is 249 g/mol. The second-order valence-corrected chi connectivity index (χ2v) is 5.16. The summed E-state index contributed by atoms with van der Waals surface area (Å²) in [7, 11) is 0. The maximum Gasteiger partial charge on any atom is 0.127 e. The molecule has 0 bridgehead atoms. The Hall–Kier alpha value is -1.67. The van der Waals surface area contributed by atoms with E-state index < -0.39 is 0 Å². The summed E-state index contributed by atoms with van der Waals surface area (Å²) in [5.74, 6) is -0.123. The quantitative estimate of drug-likeness (QED) is 0.820. The van der Waals surface area contributed by atoms with E-state index in [0.717, 1.165) is 24.9 Å². The summed E-state index contributed by atoms with van der Waals surface area (Å²) in [4.78, 5) is 0. The van der Waals surface area contributed by atoms with Gasteiger partial charge in [-0.05, 0) is 37.9 Å². The van der Waals surface area contributed by atoms with Crippen molar-refractivity contribution in [1.82, 2.24) is 5.32 Å². The minimum Gasteiger partial charge on any atom is -0.310 e. The van der Waals surface area contributed by atoms with Crippen molar-refractivity contribution in [2.75, 3.05) is 6.54 Å². The first kappa shape index (κ1) is 14.7. The van der Waals surface area contributed by atoms with E-state index >= 15 is 0 Å². The van der Waals surface area contributed by atoms with Gasteiger partial charge in [-0.1, -0.05) is 55.0 Å². The normalized spacial score (nSPS) is 12.3. The van der Waals surface area contributed by atoms with Crippen molar-refractivity contribution in [3.8, 4) is 0 Å². The molecule has 1 atom stereocenters. The first-order valence-corrected chi connectivity index (χ1v) is 7.24. The largest absolute Gasteiger partial charge is 0.310 e. The van der Waals surface area contributed by atoms with Crippen LogP contribution in [0.25, 0.3) is 0 Å². The fourth-order valence-corrected chi connectivity index (χ4v) is 2.44. The van der Waals surface area contributed by atoms with Gasteiger partial charge in [0.2, 0.25) is 0 Å². The summed E-state index contributed by atoms with van der Waals surface area (Å²) >= 11 is 0. The smallest absolute Gasteiger partial charge is 0.127 e. The highest BCUT2D eigenvalue weighted by Crippen LogP contribution is 2.22. The number of nitrogens with one attached hydrogen (secondary N) is 1. The predicted molar refractivity (Wildman–Crippen MR) is 82.3 cm³/mol. The van der Waals surface area contributed by atoms with Gasteiger partial charge >= 0.3 is 0 Å². The fraction of sp³-hybridized carbons (Fsp3) is 0.333. The lowest BCUT2D eigenvalue weighted by Crippen LogP contribution is -2.22. The van der Waals surface area contributed by atoms with Gasteiger partial charge in [0.15, 0.2) is 0 Å². The van der Waals surface area contributed by atoms with E-state index in [4.69, 9.17) is 0 Å². The highest BCUT2D eigenvalue weighted by Gasteiger charge is 2.14. The molecule has 0 heterocycles. The van der Waals surface area contributed by atoms with Crippen molar-refractivity contribution in [3.05, 3.63) is 71.0 Å². The Morgan fingerprint density at radius 2 is 1.75 bits per heavy atom. The summed E-state index contributed by atoms with van der Waals surface area (Å²) in [6, 6.07) is 15.7. The van der Waals surface area contributed by atoms with Crippen molar-refractivity contribution in [2.45, 2.75) is 32.7 Å². The molecule has 1 unspecified atom stereocenters. The molecule has 0 aliphatic carbocycles. The lowest BCUT2D eigenvalue weighted by molar-refractivity contribution is 0.485. The molecule has 1 N–H and O–H groups in total. The number of halogens is 1. The summed E-state index contributed by atoms with van der Waals surface area (Å²) in [6.07, 6.45) is 1.85. The second kappa shape index (κ2) is 7.20. The molecule has 0 spiro atoms. The molecule has 2 heteroatoms. The van der Waals surface area contributed by atoms with Crippen LogP contribution in [0.5, 0.6) is 0 Å². The average Bonchev–Trinajstić information content (AvgIpc) is 2.46. The van der Waals surface area contributed by atoms with Crippen LogP contribution in [0, 0.1) is 12.7 Å². The maximum atomic E-state index is 13.9. The molecular formula is C18H22FN. The minimum absolute atomic E-state index is 0.0718. The Morgan fingerprint density at radius 3 is 2.40 bits per heavy atom. The van der Waals surface area contributed by atoms with Crippen LogP contribution in [0.1, 0.15) is 36.1 Å². The van der Waals surface area contributed by atoms with Crippen molar-refractivity contribution in [1.29, 1.82) is 0 Å². The Bertz CT molecular complexity index is 533. The van der Waals surface area contributed by atoms with Crippen LogP contribution in [-0.2, 0) is 6.42 Å². The highest BCUT2D eigenvalue weighted by molar-refractivity contribution is 5.24. The van der Waals surface area contributed by atoms with E-state index in [9.17, 15) is 4.39 Å². The van der Waals surface area contributed by atoms with Gasteiger partial charge in [-0.2, -0.15) is 0 Å². The van der Waals surface area contributed by atoms with Crippen molar-refractivity contribution >= 4 is 0 Å². The zero-order valence-corrected chi connectivity index (χ0v) is 12.2. The van der Waals surface area contributed by atoms with E-state index in [0.29, 0.717) is 0 Å². The molecule has 0 aliphatic heterocycles. The van der Waals surface area contributed by atoms with Crippen LogP contribution in [0.15, 0.2) is 48.5 Å². The minimum atomic E-state index is -0.123. The Morgan fingerprint density at radius 1 is 1.05 bits per heavy atom. The number of aryl methyl sites for hydroxylation is 2. The monoisotopic (exact) mass is 271 g/mol. The van der Waals surface area contributed by atoms with E-state index in [2.05, 4.69) is 43.4 Å². The third-order valence-corrected chi connectivity index (χ3v) is 3.57. The zero-order chi connectivity index (χ0) is 14.4. The zero-order valence-electron chi connectivity index (χ0n) is 12.2. The van der Waals surface area contributed by atoms with Crippen molar-refractivity contribution in [3.63, 3.8) is 0 Å². The lowest BCUT2D eigenvalue weighted by atomic mass is 9.98. The maximum absolute atomic E-state index is 13.9. The number of hydrogen-bond acceptors (Lipinski definition) is 1. The molecule has 0 saturated heterocycles. The van der Waals surface area contributed by atoms with E-state index in [1.807, 2.05) is 12.1 Å². The standard InChI is InChI=1S/C18H22FN/c1-3-20-18(16-6-4-5-7-17(16)19)13-12-15-10-8-14(2)9-11-15/h4-11,18,20H,3,12-13H2,1-2H3. The highest BCUT2D eigenvalue weighted by atomic mass is 19.1. The second-order valence-electron chi connectivity index (χ2n) is 5.16. The number of rotatable bonds is 6. The van der Waals surface area contributed by atoms with Crippen molar-refractivity contribution < 1.29 is 4.39 Å². The molecule has 0 radical (unpaired) electrons. The third-order valence-electron chi connectivity index (χ3n) is 3.57. The van der Waals surface area contributed by atoms with Crippen molar-refractivity contribution in [2.24, 2.45) is 0 Å². The Balaban J connectivity index is 2.06. The summed E-state index contributed by atoms with van der Waals surface area (Å²) in [5, 5.41) is 3.38. The van der Waals surface area contributed by atoms with E-state index in [1.54, 1.807) is 6.07 Å². The molecule has 2 aromatic carbocycles. The molecule has 1 nitrogen and oxygen atoms in total. The Kier molecular flexibility index (Phi) is 5.31. The SMILES string of the molecule is CCNC(CCc1ccc(C)cc1)c1ccccc1F. The van der Waals surface area contributed by atoms with Gasteiger partial charge in [0.25, 0.3) is 0 Å². The van der Waals surface area contributed by atoms with Gasteiger partial charge in [-0.25, -0.2) is 4.39 Å². The van der Waals surface area contributed by atoms with E-state index in [-0.39, 0.29) is 11.9 Å². The van der Waals surface area contributed by atoms with E-state index in [1.165, 1.54) is 17.2 Å². The van der Waals surface area contributed by atoms with Crippen LogP contribution in [0.4, 0.5) is 4.39 Å². The number of benzene rings is 2. The van der Waals surface area contributed by atoms with Gasteiger partial charge in [-0.15, -0.1) is 0 Å². The van der Waals surface area contributed by atoms with Crippen LogP contribution >= 0.6 is 0 Å². The lowest BCUT2D eigenvalue weighted by Gasteiger charge is -2.19. The summed E-state index contributed by atoms with van der Waals surface area (Å²) in [5.41, 5.74) is 3.34.